The molecular formula is C14H25N5. The Labute approximate surface area is 115 Å². The third-order valence-electron chi connectivity index (χ3n) is 3.91. The van der Waals surface area contributed by atoms with Crippen LogP contribution in [-0.2, 0) is 12.8 Å². The Morgan fingerprint density at radius 1 is 1.16 bits per heavy atom. The Bertz CT molecular complexity index is 407. The average Bonchev–Trinajstić information content (AvgIpc) is 2.92. The lowest BCUT2D eigenvalue weighted by Crippen LogP contribution is -2.35. The lowest BCUT2D eigenvalue weighted by Gasteiger charge is -2.22. The van der Waals surface area contributed by atoms with Crippen LogP contribution >= 0.6 is 0 Å². The molecule has 1 atom stereocenters. The normalized spacial score (nSPS) is 19.8. The molecule has 0 radical (unpaired) electrons. The second kappa shape index (κ2) is 6.80. The van der Waals surface area contributed by atoms with Crippen LogP contribution in [0.4, 0.5) is 5.95 Å². The number of nitrogens with one attached hydrogen (secondary N) is 1. The van der Waals surface area contributed by atoms with E-state index in [1.165, 1.54) is 19.4 Å². The summed E-state index contributed by atoms with van der Waals surface area (Å²) in [6, 6.07) is 0.615. The minimum Gasteiger partial charge on any atom is -0.351 e. The van der Waals surface area contributed by atoms with Crippen LogP contribution in [0, 0.1) is 0 Å². The number of aryl methyl sites for hydroxylation is 2. The first kappa shape index (κ1) is 14.2. The molecule has 1 unspecified atom stereocenters. The number of likely N-dealkylation sites (N-methyl/N-ethyl adjacent to an activating group) is 1. The Morgan fingerprint density at radius 3 is 2.63 bits per heavy atom. The molecule has 1 aliphatic rings. The van der Waals surface area contributed by atoms with Gasteiger partial charge in [-0.3, -0.25) is 4.90 Å². The molecule has 0 saturated carbocycles. The van der Waals surface area contributed by atoms with Gasteiger partial charge < -0.3 is 5.32 Å². The maximum atomic E-state index is 4.57. The maximum absolute atomic E-state index is 4.57. The van der Waals surface area contributed by atoms with E-state index in [1.807, 2.05) is 0 Å². The smallest absolute Gasteiger partial charge is 0.243 e. The van der Waals surface area contributed by atoms with Gasteiger partial charge in [0.1, 0.15) is 0 Å². The standard InChI is InChI=1S/C14H25N5/c1-4-12-13(5-2)17-18-14(16-12)15-10-11-8-7-9-19(11)6-3/h11H,4-10H2,1-3H3,(H,15,16,18). The molecule has 2 heterocycles. The monoisotopic (exact) mass is 263 g/mol. The fraction of sp³-hybridized carbons (Fsp3) is 0.786. The molecule has 1 saturated heterocycles. The Kier molecular flexibility index (Phi) is 5.07. The van der Waals surface area contributed by atoms with Gasteiger partial charge in [-0.25, -0.2) is 4.98 Å². The highest BCUT2D eigenvalue weighted by atomic mass is 15.3. The molecule has 0 aliphatic carbocycles. The van der Waals surface area contributed by atoms with Crippen molar-refractivity contribution in [3.05, 3.63) is 11.4 Å². The van der Waals surface area contributed by atoms with E-state index in [4.69, 9.17) is 0 Å². The van der Waals surface area contributed by atoms with E-state index in [9.17, 15) is 0 Å². The summed E-state index contributed by atoms with van der Waals surface area (Å²) in [6.45, 7) is 9.70. The van der Waals surface area contributed by atoms with Gasteiger partial charge >= 0.3 is 0 Å². The van der Waals surface area contributed by atoms with Gasteiger partial charge in [0.15, 0.2) is 0 Å². The zero-order chi connectivity index (χ0) is 13.7. The lowest BCUT2D eigenvalue weighted by molar-refractivity contribution is 0.276. The fourth-order valence-electron chi connectivity index (χ4n) is 2.76. The number of hydrogen-bond acceptors (Lipinski definition) is 5. The molecule has 0 spiro atoms. The number of likely N-dealkylation sites (tertiary alicyclic amines) is 1. The van der Waals surface area contributed by atoms with Crippen LogP contribution in [0.15, 0.2) is 0 Å². The van der Waals surface area contributed by atoms with Crippen molar-refractivity contribution in [3.8, 4) is 0 Å². The summed E-state index contributed by atoms with van der Waals surface area (Å²) in [5.41, 5.74) is 2.09. The Hall–Kier alpha value is -1.23. The molecule has 1 aliphatic heterocycles. The number of rotatable bonds is 6. The van der Waals surface area contributed by atoms with Gasteiger partial charge in [0.25, 0.3) is 0 Å². The quantitative estimate of drug-likeness (QED) is 0.849. The van der Waals surface area contributed by atoms with Crippen LogP contribution in [0.1, 0.15) is 45.0 Å². The Balaban J connectivity index is 1.96. The fourth-order valence-corrected chi connectivity index (χ4v) is 2.76. The first-order valence-corrected chi connectivity index (χ1v) is 7.48. The minimum atomic E-state index is 0.615. The van der Waals surface area contributed by atoms with Crippen LogP contribution in [0.25, 0.3) is 0 Å². The topological polar surface area (TPSA) is 53.9 Å². The first-order chi connectivity index (χ1) is 9.28. The van der Waals surface area contributed by atoms with E-state index >= 15 is 0 Å². The summed E-state index contributed by atoms with van der Waals surface area (Å²) < 4.78 is 0. The highest BCUT2D eigenvalue weighted by molar-refractivity contribution is 5.26. The van der Waals surface area contributed by atoms with E-state index in [1.54, 1.807) is 0 Å². The molecule has 1 N–H and O–H groups in total. The molecule has 0 amide bonds. The van der Waals surface area contributed by atoms with E-state index in [2.05, 4.69) is 46.2 Å². The third-order valence-corrected chi connectivity index (χ3v) is 3.91. The highest BCUT2D eigenvalue weighted by Gasteiger charge is 2.22. The van der Waals surface area contributed by atoms with Crippen LogP contribution in [0.3, 0.4) is 0 Å². The SMILES string of the molecule is CCc1nnc(NCC2CCCN2CC)nc1CC. The summed E-state index contributed by atoms with van der Waals surface area (Å²) in [4.78, 5) is 7.09. The molecular weight excluding hydrogens is 238 g/mol. The van der Waals surface area contributed by atoms with E-state index in [0.717, 1.165) is 37.3 Å². The molecule has 106 valence electrons. The first-order valence-electron chi connectivity index (χ1n) is 7.48. The molecule has 5 nitrogen and oxygen atoms in total. The minimum absolute atomic E-state index is 0.615. The van der Waals surface area contributed by atoms with Crippen molar-refractivity contribution < 1.29 is 0 Å². The van der Waals surface area contributed by atoms with Crippen LogP contribution < -0.4 is 5.32 Å². The summed E-state index contributed by atoms with van der Waals surface area (Å²) in [5.74, 6) is 0.678. The highest BCUT2D eigenvalue weighted by Crippen LogP contribution is 2.16. The second-order valence-electron chi connectivity index (χ2n) is 5.04. The molecule has 1 fully saturated rings. The lowest BCUT2D eigenvalue weighted by atomic mass is 10.2. The second-order valence-corrected chi connectivity index (χ2v) is 5.04. The summed E-state index contributed by atoms with van der Waals surface area (Å²) in [5, 5.41) is 11.8. The van der Waals surface area contributed by atoms with Crippen molar-refractivity contribution in [2.45, 2.75) is 52.5 Å². The van der Waals surface area contributed by atoms with Gasteiger partial charge in [-0.1, -0.05) is 20.8 Å². The predicted molar refractivity (Wildman–Crippen MR) is 77.3 cm³/mol. The number of nitrogens with zero attached hydrogens (tertiary/aromatic N) is 4. The third kappa shape index (κ3) is 3.41. The van der Waals surface area contributed by atoms with Gasteiger partial charge in [0, 0.05) is 12.6 Å². The van der Waals surface area contributed by atoms with Gasteiger partial charge in [0.05, 0.1) is 11.4 Å². The largest absolute Gasteiger partial charge is 0.351 e. The number of anilines is 1. The summed E-state index contributed by atoms with van der Waals surface area (Å²) in [6.07, 6.45) is 4.38. The zero-order valence-corrected chi connectivity index (χ0v) is 12.3. The Morgan fingerprint density at radius 2 is 1.95 bits per heavy atom. The zero-order valence-electron chi connectivity index (χ0n) is 12.3. The van der Waals surface area contributed by atoms with Crippen molar-refractivity contribution in [3.63, 3.8) is 0 Å². The maximum Gasteiger partial charge on any atom is 0.243 e. The molecule has 2 rings (SSSR count). The molecule has 0 aromatic carbocycles. The van der Waals surface area contributed by atoms with Crippen molar-refractivity contribution >= 4 is 5.95 Å². The molecule has 5 heteroatoms. The van der Waals surface area contributed by atoms with Gasteiger partial charge in [0.2, 0.25) is 5.95 Å². The van der Waals surface area contributed by atoms with Crippen LogP contribution in [0.5, 0.6) is 0 Å². The molecule has 1 aromatic rings. The van der Waals surface area contributed by atoms with Crippen molar-refractivity contribution in [1.82, 2.24) is 20.1 Å². The van der Waals surface area contributed by atoms with Crippen molar-refractivity contribution in [1.29, 1.82) is 0 Å². The number of aromatic nitrogens is 3. The van der Waals surface area contributed by atoms with E-state index in [-0.39, 0.29) is 0 Å². The van der Waals surface area contributed by atoms with Crippen molar-refractivity contribution in [2.24, 2.45) is 0 Å². The predicted octanol–water partition coefficient (Wildman–Crippen LogP) is 1.89. The van der Waals surface area contributed by atoms with Crippen molar-refractivity contribution in [2.75, 3.05) is 25.0 Å². The molecule has 19 heavy (non-hydrogen) atoms. The van der Waals surface area contributed by atoms with Crippen LogP contribution in [0.2, 0.25) is 0 Å². The van der Waals surface area contributed by atoms with Gasteiger partial charge in [-0.15, -0.1) is 5.10 Å². The summed E-state index contributed by atoms with van der Waals surface area (Å²) in [7, 11) is 0. The van der Waals surface area contributed by atoms with E-state index < -0.39 is 0 Å². The average molecular weight is 263 g/mol. The number of hydrogen-bond donors (Lipinski definition) is 1. The van der Waals surface area contributed by atoms with Gasteiger partial charge in [-0.05, 0) is 38.8 Å². The summed E-state index contributed by atoms with van der Waals surface area (Å²) >= 11 is 0. The van der Waals surface area contributed by atoms with Gasteiger partial charge in [-0.2, -0.15) is 5.10 Å². The van der Waals surface area contributed by atoms with Crippen LogP contribution in [-0.4, -0.2) is 45.8 Å². The molecule has 0 bridgehead atoms. The molecule has 1 aromatic heterocycles. The van der Waals surface area contributed by atoms with E-state index in [0.29, 0.717) is 12.0 Å².